The number of rotatable bonds is 4. The number of hydrogen-bond acceptors (Lipinski definition) is 5. The SMILES string of the molecule is CCN(CC)C(=O)N1CCC2(CC1)CC(=O)c1c(OC)cc(OC)cc1O2. The van der Waals surface area contributed by atoms with Crippen molar-refractivity contribution in [2.75, 3.05) is 40.4 Å². The number of nitrogens with zero attached hydrogens (tertiary/aromatic N) is 2. The van der Waals surface area contributed by atoms with E-state index in [-0.39, 0.29) is 11.8 Å². The van der Waals surface area contributed by atoms with Gasteiger partial charge in [-0.3, -0.25) is 4.79 Å². The first-order valence-corrected chi connectivity index (χ1v) is 9.49. The van der Waals surface area contributed by atoms with Crippen molar-refractivity contribution in [1.29, 1.82) is 0 Å². The molecule has 148 valence electrons. The van der Waals surface area contributed by atoms with E-state index in [9.17, 15) is 9.59 Å². The van der Waals surface area contributed by atoms with Crippen LogP contribution in [0.5, 0.6) is 17.2 Å². The van der Waals surface area contributed by atoms with Crippen molar-refractivity contribution in [3.8, 4) is 17.2 Å². The molecule has 1 fully saturated rings. The maximum absolute atomic E-state index is 12.9. The van der Waals surface area contributed by atoms with Crippen LogP contribution in [0.15, 0.2) is 12.1 Å². The normalized spacial score (nSPS) is 17.9. The highest BCUT2D eigenvalue weighted by molar-refractivity contribution is 6.03. The minimum absolute atomic E-state index is 0.0132. The number of fused-ring (bicyclic) bond motifs is 1. The molecule has 1 spiro atoms. The maximum atomic E-state index is 12.9. The lowest BCUT2D eigenvalue weighted by molar-refractivity contribution is -0.00394. The van der Waals surface area contributed by atoms with Crippen LogP contribution in [0.25, 0.3) is 0 Å². The van der Waals surface area contributed by atoms with E-state index in [4.69, 9.17) is 14.2 Å². The Balaban J connectivity index is 1.79. The van der Waals surface area contributed by atoms with Crippen LogP contribution in [0, 0.1) is 0 Å². The van der Waals surface area contributed by atoms with E-state index >= 15 is 0 Å². The quantitative estimate of drug-likeness (QED) is 0.808. The topological polar surface area (TPSA) is 68.3 Å². The van der Waals surface area contributed by atoms with E-state index in [0.29, 0.717) is 68.3 Å². The molecular weight excluding hydrogens is 348 g/mol. The number of Topliss-reactive ketones (excluding diaryl/α,β-unsaturated/α-hetero) is 1. The Morgan fingerprint density at radius 2 is 1.85 bits per heavy atom. The van der Waals surface area contributed by atoms with Crippen LogP contribution < -0.4 is 14.2 Å². The van der Waals surface area contributed by atoms with Gasteiger partial charge in [-0.05, 0) is 13.8 Å². The lowest BCUT2D eigenvalue weighted by atomic mass is 9.82. The zero-order valence-corrected chi connectivity index (χ0v) is 16.5. The van der Waals surface area contributed by atoms with Crippen molar-refractivity contribution in [2.45, 2.75) is 38.7 Å². The third kappa shape index (κ3) is 3.55. The Morgan fingerprint density at radius 1 is 1.19 bits per heavy atom. The molecule has 2 heterocycles. The summed E-state index contributed by atoms with van der Waals surface area (Å²) in [6.45, 7) is 6.51. The third-order valence-electron chi connectivity index (χ3n) is 5.56. The molecule has 2 amide bonds. The van der Waals surface area contributed by atoms with E-state index < -0.39 is 5.60 Å². The van der Waals surface area contributed by atoms with E-state index in [1.807, 2.05) is 23.6 Å². The predicted octanol–water partition coefficient (Wildman–Crippen LogP) is 2.97. The lowest BCUT2D eigenvalue weighted by Crippen LogP contribution is -2.54. The third-order valence-corrected chi connectivity index (χ3v) is 5.56. The van der Waals surface area contributed by atoms with Crippen molar-refractivity contribution in [3.05, 3.63) is 17.7 Å². The number of hydrogen-bond donors (Lipinski definition) is 0. The molecule has 0 radical (unpaired) electrons. The zero-order valence-electron chi connectivity index (χ0n) is 16.5. The number of urea groups is 1. The minimum atomic E-state index is -0.568. The molecule has 7 nitrogen and oxygen atoms in total. The predicted molar refractivity (Wildman–Crippen MR) is 101 cm³/mol. The highest BCUT2D eigenvalue weighted by Crippen LogP contribution is 2.44. The van der Waals surface area contributed by atoms with E-state index in [2.05, 4.69) is 0 Å². The number of ether oxygens (including phenoxy) is 3. The standard InChI is InChI=1S/C20H28N2O5/c1-5-21(6-2)19(24)22-9-7-20(8-10-22)13-15(23)18-16(26-4)11-14(25-3)12-17(18)27-20/h11-12H,5-10,13H2,1-4H3. The summed E-state index contributed by atoms with van der Waals surface area (Å²) in [5.74, 6) is 1.58. The Labute approximate surface area is 160 Å². The van der Waals surface area contributed by atoms with Gasteiger partial charge >= 0.3 is 6.03 Å². The zero-order chi connectivity index (χ0) is 19.6. The molecule has 2 aliphatic heterocycles. The fourth-order valence-corrected chi connectivity index (χ4v) is 3.93. The van der Waals surface area contributed by atoms with Crippen molar-refractivity contribution < 1.29 is 23.8 Å². The second-order valence-corrected chi connectivity index (χ2v) is 7.03. The summed E-state index contributed by atoms with van der Waals surface area (Å²) in [6, 6.07) is 3.49. The molecule has 27 heavy (non-hydrogen) atoms. The lowest BCUT2D eigenvalue weighted by Gasteiger charge is -2.44. The van der Waals surface area contributed by atoms with E-state index in [0.717, 1.165) is 0 Å². The van der Waals surface area contributed by atoms with Gasteiger partial charge in [-0.2, -0.15) is 0 Å². The van der Waals surface area contributed by atoms with Crippen LogP contribution in [0.4, 0.5) is 4.79 Å². The summed E-state index contributed by atoms with van der Waals surface area (Å²) in [5.41, 5.74) is -0.0906. The second kappa shape index (κ2) is 7.66. The van der Waals surface area contributed by atoms with Crippen LogP contribution in [-0.4, -0.2) is 67.6 Å². The fourth-order valence-electron chi connectivity index (χ4n) is 3.93. The van der Waals surface area contributed by atoms with Gasteiger partial charge in [-0.1, -0.05) is 0 Å². The molecule has 0 atom stereocenters. The number of likely N-dealkylation sites (tertiary alicyclic amines) is 1. The van der Waals surface area contributed by atoms with Gasteiger partial charge in [0, 0.05) is 51.2 Å². The number of carbonyl (C=O) groups excluding carboxylic acids is 2. The second-order valence-electron chi connectivity index (χ2n) is 7.03. The molecule has 0 saturated carbocycles. The van der Waals surface area contributed by atoms with Crippen LogP contribution in [0.3, 0.4) is 0 Å². The molecule has 0 aromatic heterocycles. The summed E-state index contributed by atoms with van der Waals surface area (Å²) >= 11 is 0. The molecule has 0 aliphatic carbocycles. The summed E-state index contributed by atoms with van der Waals surface area (Å²) in [7, 11) is 3.10. The van der Waals surface area contributed by atoms with Crippen LogP contribution in [0.2, 0.25) is 0 Å². The summed E-state index contributed by atoms with van der Waals surface area (Å²) in [4.78, 5) is 29.1. The molecule has 0 unspecified atom stereocenters. The molecule has 2 aliphatic rings. The van der Waals surface area contributed by atoms with Gasteiger partial charge in [0.1, 0.15) is 28.4 Å². The monoisotopic (exact) mass is 376 g/mol. The Bertz CT molecular complexity index is 721. The van der Waals surface area contributed by atoms with Gasteiger partial charge in [0.15, 0.2) is 5.78 Å². The molecular formula is C20H28N2O5. The van der Waals surface area contributed by atoms with Gasteiger partial charge in [0.2, 0.25) is 0 Å². The van der Waals surface area contributed by atoms with Gasteiger partial charge < -0.3 is 24.0 Å². The average molecular weight is 376 g/mol. The molecule has 7 heteroatoms. The average Bonchev–Trinajstić information content (AvgIpc) is 2.68. The van der Waals surface area contributed by atoms with Crippen LogP contribution in [-0.2, 0) is 0 Å². The van der Waals surface area contributed by atoms with Crippen LogP contribution in [0.1, 0.15) is 43.5 Å². The van der Waals surface area contributed by atoms with E-state index in [1.165, 1.54) is 7.11 Å². The Morgan fingerprint density at radius 3 is 2.41 bits per heavy atom. The number of carbonyl (C=O) groups is 2. The number of benzene rings is 1. The number of amides is 2. The Hall–Kier alpha value is -2.44. The Kier molecular flexibility index (Phi) is 5.48. The smallest absolute Gasteiger partial charge is 0.319 e. The molecule has 3 rings (SSSR count). The number of piperidine rings is 1. The minimum Gasteiger partial charge on any atom is -0.496 e. The molecule has 0 bridgehead atoms. The van der Waals surface area contributed by atoms with Crippen molar-refractivity contribution in [2.24, 2.45) is 0 Å². The van der Waals surface area contributed by atoms with E-state index in [1.54, 1.807) is 19.2 Å². The number of methoxy groups -OCH3 is 2. The first kappa shape index (κ1) is 19.3. The summed E-state index contributed by atoms with van der Waals surface area (Å²) < 4.78 is 17.0. The molecule has 0 N–H and O–H groups in total. The molecule has 1 aromatic carbocycles. The number of ketones is 1. The maximum Gasteiger partial charge on any atom is 0.319 e. The highest BCUT2D eigenvalue weighted by Gasteiger charge is 2.45. The van der Waals surface area contributed by atoms with Crippen molar-refractivity contribution in [1.82, 2.24) is 9.80 Å². The van der Waals surface area contributed by atoms with Crippen molar-refractivity contribution >= 4 is 11.8 Å². The van der Waals surface area contributed by atoms with Crippen molar-refractivity contribution in [3.63, 3.8) is 0 Å². The first-order chi connectivity index (χ1) is 13.0. The van der Waals surface area contributed by atoms with Gasteiger partial charge in [0.05, 0.1) is 20.6 Å². The summed E-state index contributed by atoms with van der Waals surface area (Å²) in [5, 5.41) is 0. The molecule has 1 saturated heterocycles. The van der Waals surface area contributed by atoms with Gasteiger partial charge in [-0.25, -0.2) is 4.79 Å². The highest BCUT2D eigenvalue weighted by atomic mass is 16.5. The largest absolute Gasteiger partial charge is 0.496 e. The van der Waals surface area contributed by atoms with Gasteiger partial charge in [-0.15, -0.1) is 0 Å². The fraction of sp³-hybridized carbons (Fsp3) is 0.600. The summed E-state index contributed by atoms with van der Waals surface area (Å²) in [6.07, 6.45) is 1.56. The molecule has 1 aromatic rings. The first-order valence-electron chi connectivity index (χ1n) is 9.49. The van der Waals surface area contributed by atoms with Crippen LogP contribution >= 0.6 is 0 Å². The van der Waals surface area contributed by atoms with Gasteiger partial charge in [0.25, 0.3) is 0 Å².